The van der Waals surface area contributed by atoms with E-state index in [0.717, 1.165) is 12.8 Å². The van der Waals surface area contributed by atoms with Gasteiger partial charge in [0.15, 0.2) is 5.11 Å². The summed E-state index contributed by atoms with van der Waals surface area (Å²) in [7, 11) is 0. The van der Waals surface area contributed by atoms with Crippen molar-refractivity contribution in [3.8, 4) is 0 Å². The molecule has 1 aromatic carbocycles. The molecule has 2 atom stereocenters. The molecule has 2 heterocycles. The Morgan fingerprint density at radius 3 is 2.74 bits per heavy atom. The zero-order chi connectivity index (χ0) is 22.4. The average molecular weight is 450 g/mol. The van der Waals surface area contributed by atoms with Gasteiger partial charge in [-0.25, -0.2) is 0 Å². The molecule has 31 heavy (non-hydrogen) atoms. The zero-order valence-corrected chi connectivity index (χ0v) is 17.4. The van der Waals surface area contributed by atoms with Gasteiger partial charge in [0.25, 0.3) is 11.6 Å². The smallest absolute Gasteiger partial charge is 0.308 e. The predicted octanol–water partition coefficient (Wildman–Crippen LogP) is 0.522. The lowest BCUT2D eigenvalue weighted by Crippen LogP contribution is -2.60. The lowest BCUT2D eigenvalue weighted by Gasteiger charge is -2.36. The fraction of sp³-hybridized carbons (Fsp3) is 0.474. The van der Waals surface area contributed by atoms with Crippen LogP contribution in [0.15, 0.2) is 24.3 Å². The third-order valence-electron chi connectivity index (χ3n) is 4.97. The quantitative estimate of drug-likeness (QED) is 0.275. The molecule has 0 aromatic heterocycles. The van der Waals surface area contributed by atoms with Crippen molar-refractivity contribution < 1.29 is 28.8 Å². The lowest BCUT2D eigenvalue weighted by molar-refractivity contribution is -0.384. The van der Waals surface area contributed by atoms with E-state index < -0.39 is 28.7 Å². The Kier molecular flexibility index (Phi) is 7.47. The molecular formula is C19H22N4O7S. The van der Waals surface area contributed by atoms with Gasteiger partial charge in [-0.15, -0.1) is 0 Å². The molecule has 166 valence electrons. The van der Waals surface area contributed by atoms with Crippen molar-refractivity contribution in [3.05, 3.63) is 39.9 Å². The van der Waals surface area contributed by atoms with E-state index in [1.165, 1.54) is 29.2 Å². The number of nitrogens with one attached hydrogen (secondary N) is 2. The van der Waals surface area contributed by atoms with Crippen LogP contribution in [0.2, 0.25) is 0 Å². The number of rotatable bonds is 6. The van der Waals surface area contributed by atoms with Crippen molar-refractivity contribution in [1.29, 1.82) is 0 Å². The van der Waals surface area contributed by atoms with Crippen LogP contribution < -0.4 is 10.6 Å². The Hall–Kier alpha value is -3.12. The van der Waals surface area contributed by atoms with E-state index in [9.17, 15) is 24.5 Å². The molecule has 1 aromatic rings. The molecule has 2 fully saturated rings. The van der Waals surface area contributed by atoms with Gasteiger partial charge in [-0.05, 0) is 37.2 Å². The van der Waals surface area contributed by atoms with Crippen LogP contribution in [-0.2, 0) is 19.1 Å². The number of hydrogen-bond acceptors (Lipinski definition) is 8. The summed E-state index contributed by atoms with van der Waals surface area (Å²) in [6, 6.07) is 4.10. The second-order valence-electron chi connectivity index (χ2n) is 7.09. The summed E-state index contributed by atoms with van der Waals surface area (Å²) >= 11 is 5.29. The number of carbonyl (C=O) groups is 3. The van der Waals surface area contributed by atoms with Gasteiger partial charge in [0, 0.05) is 37.4 Å². The molecule has 2 amide bonds. The number of amides is 2. The van der Waals surface area contributed by atoms with E-state index in [4.69, 9.17) is 21.7 Å². The van der Waals surface area contributed by atoms with Crippen LogP contribution in [0.4, 0.5) is 5.69 Å². The largest absolute Gasteiger partial charge is 0.463 e. The van der Waals surface area contributed by atoms with Crippen molar-refractivity contribution in [2.45, 2.75) is 31.4 Å². The van der Waals surface area contributed by atoms with Gasteiger partial charge in [0.2, 0.25) is 5.91 Å². The van der Waals surface area contributed by atoms with Crippen LogP contribution in [-0.4, -0.2) is 71.2 Å². The molecule has 0 aliphatic carbocycles. The van der Waals surface area contributed by atoms with Crippen LogP contribution in [0.3, 0.4) is 0 Å². The Morgan fingerprint density at radius 1 is 1.35 bits per heavy atom. The molecular weight excluding hydrogens is 428 g/mol. The number of benzene rings is 1. The number of thiocarbonyl (C=S) groups is 1. The first-order valence-corrected chi connectivity index (χ1v) is 10.2. The highest BCUT2D eigenvalue weighted by molar-refractivity contribution is 7.80. The molecule has 2 saturated heterocycles. The molecule has 0 unspecified atom stereocenters. The van der Waals surface area contributed by atoms with Gasteiger partial charge in [-0.1, -0.05) is 0 Å². The molecule has 2 aliphatic rings. The Balaban J connectivity index is 1.59. The third-order valence-corrected chi connectivity index (χ3v) is 5.30. The first-order chi connectivity index (χ1) is 14.8. The summed E-state index contributed by atoms with van der Waals surface area (Å²) in [5.74, 6) is -1.54. The van der Waals surface area contributed by atoms with Gasteiger partial charge in [0.1, 0.15) is 12.6 Å². The number of piperazine rings is 1. The number of esters is 1. The van der Waals surface area contributed by atoms with Gasteiger partial charge in [-0.2, -0.15) is 0 Å². The molecule has 11 nitrogen and oxygen atoms in total. The minimum Gasteiger partial charge on any atom is -0.463 e. The van der Waals surface area contributed by atoms with Gasteiger partial charge in [0.05, 0.1) is 17.4 Å². The molecule has 0 saturated carbocycles. The summed E-state index contributed by atoms with van der Waals surface area (Å²) in [4.78, 5) is 48.7. The number of nitro groups is 1. The molecule has 3 rings (SSSR count). The maximum absolute atomic E-state index is 12.4. The normalized spacial score (nSPS) is 20.6. The van der Waals surface area contributed by atoms with Gasteiger partial charge >= 0.3 is 5.97 Å². The Labute approximate surface area is 183 Å². The monoisotopic (exact) mass is 450 g/mol. The first-order valence-electron chi connectivity index (χ1n) is 9.76. The summed E-state index contributed by atoms with van der Waals surface area (Å²) in [5.41, 5.74) is 0.0235. The number of ether oxygens (including phenoxy) is 2. The maximum Gasteiger partial charge on any atom is 0.308 e. The van der Waals surface area contributed by atoms with E-state index in [-0.39, 0.29) is 35.5 Å². The maximum atomic E-state index is 12.4. The predicted molar refractivity (Wildman–Crippen MR) is 111 cm³/mol. The minimum absolute atomic E-state index is 0.0184. The van der Waals surface area contributed by atoms with E-state index in [1.54, 1.807) is 0 Å². The molecule has 2 N–H and O–H groups in total. The molecule has 12 heteroatoms. The number of nitrogens with zero attached hydrogens (tertiary/aromatic N) is 2. The standard InChI is InChI=1S/C19H22N4O7S/c24-16(30-11-14-2-1-9-29-14)10-15-18(26)20-7-8-22(15)19(31)21-17(25)12-3-5-13(6-4-12)23(27)28/h3-6,14-15H,1-2,7-11H2,(H,20,26)(H,21,25,31)/t14-,15-/m1/s1. The molecule has 2 aliphatic heterocycles. The van der Waals surface area contributed by atoms with E-state index in [1.807, 2.05) is 0 Å². The highest BCUT2D eigenvalue weighted by Gasteiger charge is 2.34. The van der Waals surface area contributed by atoms with Crippen molar-refractivity contribution in [3.63, 3.8) is 0 Å². The fourth-order valence-corrected chi connectivity index (χ4v) is 3.63. The first kappa shape index (κ1) is 22.6. The molecule has 0 bridgehead atoms. The molecule has 0 spiro atoms. The van der Waals surface area contributed by atoms with E-state index in [2.05, 4.69) is 10.6 Å². The second-order valence-corrected chi connectivity index (χ2v) is 7.47. The van der Waals surface area contributed by atoms with Crippen LogP contribution in [0.25, 0.3) is 0 Å². The van der Waals surface area contributed by atoms with Crippen molar-refractivity contribution in [1.82, 2.24) is 15.5 Å². The van der Waals surface area contributed by atoms with E-state index in [0.29, 0.717) is 19.7 Å². The zero-order valence-electron chi connectivity index (χ0n) is 16.6. The van der Waals surface area contributed by atoms with Gasteiger partial charge < -0.3 is 19.7 Å². The van der Waals surface area contributed by atoms with Crippen LogP contribution in [0.1, 0.15) is 29.6 Å². The highest BCUT2D eigenvalue weighted by atomic mass is 32.1. The third kappa shape index (κ3) is 5.95. The molecule has 0 radical (unpaired) electrons. The van der Waals surface area contributed by atoms with Crippen molar-refractivity contribution >= 4 is 40.8 Å². The summed E-state index contributed by atoms with van der Waals surface area (Å²) in [6.45, 7) is 1.38. The number of carbonyl (C=O) groups excluding carboxylic acids is 3. The summed E-state index contributed by atoms with van der Waals surface area (Å²) < 4.78 is 10.6. The Morgan fingerprint density at radius 2 is 2.10 bits per heavy atom. The van der Waals surface area contributed by atoms with E-state index >= 15 is 0 Å². The van der Waals surface area contributed by atoms with Crippen LogP contribution >= 0.6 is 12.2 Å². The summed E-state index contributed by atoms with van der Waals surface area (Å²) in [6.07, 6.45) is 1.39. The van der Waals surface area contributed by atoms with Crippen molar-refractivity contribution in [2.75, 3.05) is 26.3 Å². The van der Waals surface area contributed by atoms with Gasteiger partial charge in [-0.3, -0.25) is 29.8 Å². The number of nitro benzene ring substituents is 1. The Bertz CT molecular complexity index is 871. The SMILES string of the molecule is O=C(C[C@@H]1C(=O)NCCN1C(=S)NC(=O)c1ccc([N+](=O)[O-])cc1)OC[C@H]1CCCO1. The average Bonchev–Trinajstić information content (AvgIpc) is 3.27. The topological polar surface area (TPSA) is 140 Å². The van der Waals surface area contributed by atoms with Crippen LogP contribution in [0, 0.1) is 10.1 Å². The second kappa shape index (κ2) is 10.3. The van der Waals surface area contributed by atoms with Crippen LogP contribution in [0.5, 0.6) is 0 Å². The number of hydrogen-bond donors (Lipinski definition) is 2. The highest BCUT2D eigenvalue weighted by Crippen LogP contribution is 2.15. The van der Waals surface area contributed by atoms with Crippen molar-refractivity contribution in [2.24, 2.45) is 0 Å². The fourth-order valence-electron chi connectivity index (χ4n) is 3.31. The minimum atomic E-state index is -0.921. The summed E-state index contributed by atoms with van der Waals surface area (Å²) in [5, 5.41) is 15.9. The number of non-ortho nitro benzene ring substituents is 1. The lowest BCUT2D eigenvalue weighted by atomic mass is 10.1.